The van der Waals surface area contributed by atoms with Crippen LogP contribution in [-0.4, -0.2) is 21.1 Å². The maximum atomic E-state index is 10.8. The van der Waals surface area contributed by atoms with E-state index in [9.17, 15) is 4.21 Å². The molecule has 0 aromatic heterocycles. The quantitative estimate of drug-likeness (QED) is 0.707. The van der Waals surface area contributed by atoms with Crippen LogP contribution in [0.15, 0.2) is 18.2 Å². The Hall–Kier alpha value is -0.870. The average Bonchev–Trinajstić information content (AvgIpc) is 2.46. The molecule has 0 aliphatic carbocycles. The second kappa shape index (κ2) is 7.60. The summed E-state index contributed by atoms with van der Waals surface area (Å²) in [6.07, 6.45) is 2.08. The van der Waals surface area contributed by atoms with E-state index < -0.39 is 11.1 Å². The second-order valence-corrected chi connectivity index (χ2v) is 8.11. The van der Waals surface area contributed by atoms with Crippen molar-refractivity contribution in [1.82, 2.24) is 0 Å². The van der Waals surface area contributed by atoms with Crippen molar-refractivity contribution < 1.29 is 13.5 Å². The summed E-state index contributed by atoms with van der Waals surface area (Å²) < 4.78 is 25.4. The highest BCUT2D eigenvalue weighted by molar-refractivity contribution is 7.79. The molecule has 1 aromatic rings. The van der Waals surface area contributed by atoms with E-state index in [-0.39, 0.29) is 23.2 Å². The first-order chi connectivity index (χ1) is 10.1. The highest BCUT2D eigenvalue weighted by atomic mass is 32.2. The molecule has 0 spiro atoms. The van der Waals surface area contributed by atoms with Gasteiger partial charge in [-0.1, -0.05) is 53.7 Å². The van der Waals surface area contributed by atoms with Gasteiger partial charge in [0, 0.05) is 5.56 Å². The van der Waals surface area contributed by atoms with Gasteiger partial charge in [0.25, 0.3) is 0 Å². The minimum Gasteiger partial charge on any atom is -0.492 e. The van der Waals surface area contributed by atoms with E-state index in [4.69, 9.17) is 9.29 Å². The summed E-state index contributed by atoms with van der Waals surface area (Å²) in [7, 11) is 0. The Labute approximate surface area is 137 Å². The number of benzene rings is 1. The van der Waals surface area contributed by atoms with Gasteiger partial charge in [0.2, 0.25) is 0 Å². The van der Waals surface area contributed by atoms with Gasteiger partial charge in [0.1, 0.15) is 12.4 Å². The molecule has 0 amide bonds. The van der Waals surface area contributed by atoms with Crippen LogP contribution in [-0.2, 0) is 21.9 Å². The molecular weight excluding hydrogens is 296 g/mol. The standard InChI is InChI=1S/C18H30O3S/c1-7-17(3,4)14-9-10-16(21-11-12-22(19)20)15(13-14)18(5,6)8-2/h9-10,13H,7-8,11-12H2,1-6H3,(H,19,20). The van der Waals surface area contributed by atoms with Crippen LogP contribution in [0.1, 0.15) is 65.5 Å². The Morgan fingerprint density at radius 3 is 2.18 bits per heavy atom. The monoisotopic (exact) mass is 326 g/mol. The molecule has 0 saturated carbocycles. The molecule has 0 aliphatic heterocycles. The second-order valence-electron chi connectivity index (χ2n) is 7.06. The van der Waals surface area contributed by atoms with Gasteiger partial charge < -0.3 is 9.29 Å². The van der Waals surface area contributed by atoms with Crippen molar-refractivity contribution in [1.29, 1.82) is 0 Å². The highest BCUT2D eigenvalue weighted by Gasteiger charge is 2.26. The van der Waals surface area contributed by atoms with Crippen molar-refractivity contribution in [2.45, 2.75) is 65.2 Å². The lowest BCUT2D eigenvalue weighted by molar-refractivity contribution is 0.325. The molecule has 1 aromatic carbocycles. The third kappa shape index (κ3) is 4.82. The molecule has 22 heavy (non-hydrogen) atoms. The van der Waals surface area contributed by atoms with Gasteiger partial charge >= 0.3 is 0 Å². The minimum absolute atomic E-state index is 0.00747. The molecule has 0 radical (unpaired) electrons. The van der Waals surface area contributed by atoms with Crippen molar-refractivity contribution >= 4 is 11.1 Å². The summed E-state index contributed by atoms with van der Waals surface area (Å²) in [5, 5.41) is 0. The van der Waals surface area contributed by atoms with Crippen LogP contribution in [0.25, 0.3) is 0 Å². The molecular formula is C18H30O3S. The zero-order valence-corrected chi connectivity index (χ0v) is 15.5. The number of rotatable bonds is 8. The Kier molecular flexibility index (Phi) is 6.63. The summed E-state index contributed by atoms with van der Waals surface area (Å²) in [5.41, 5.74) is 2.62. The smallest absolute Gasteiger partial charge is 0.156 e. The molecule has 0 heterocycles. The third-order valence-corrected chi connectivity index (χ3v) is 5.29. The summed E-state index contributed by atoms with van der Waals surface area (Å²) >= 11 is -1.81. The number of hydrogen-bond donors (Lipinski definition) is 1. The lowest BCUT2D eigenvalue weighted by atomic mass is 9.76. The van der Waals surface area contributed by atoms with Crippen molar-refractivity contribution in [2.24, 2.45) is 0 Å². The van der Waals surface area contributed by atoms with Crippen LogP contribution in [0.5, 0.6) is 5.75 Å². The first kappa shape index (κ1) is 19.2. The van der Waals surface area contributed by atoms with E-state index in [0.29, 0.717) is 0 Å². The van der Waals surface area contributed by atoms with Crippen LogP contribution < -0.4 is 4.74 Å². The summed E-state index contributed by atoms with van der Waals surface area (Å²) in [6.45, 7) is 13.5. The fourth-order valence-corrected chi connectivity index (χ4v) is 2.45. The molecule has 1 atom stereocenters. The van der Waals surface area contributed by atoms with Gasteiger partial charge in [-0.05, 0) is 35.3 Å². The van der Waals surface area contributed by atoms with Crippen molar-refractivity contribution in [3.05, 3.63) is 29.3 Å². The predicted molar refractivity (Wildman–Crippen MR) is 94.2 cm³/mol. The Bertz CT molecular complexity index is 521. The van der Waals surface area contributed by atoms with Gasteiger partial charge in [-0.25, -0.2) is 4.21 Å². The Morgan fingerprint density at radius 2 is 1.68 bits per heavy atom. The average molecular weight is 327 g/mol. The number of hydrogen-bond acceptors (Lipinski definition) is 2. The third-order valence-electron chi connectivity index (χ3n) is 4.77. The fraction of sp³-hybridized carbons (Fsp3) is 0.667. The summed E-state index contributed by atoms with van der Waals surface area (Å²) in [4.78, 5) is 0. The van der Waals surface area contributed by atoms with Gasteiger partial charge in [-0.15, -0.1) is 0 Å². The SMILES string of the molecule is CCC(C)(C)c1ccc(OCCS(=O)O)c(C(C)(C)CC)c1. The zero-order chi connectivity index (χ0) is 17.0. The lowest BCUT2D eigenvalue weighted by Crippen LogP contribution is -2.21. The lowest BCUT2D eigenvalue weighted by Gasteiger charge is -2.30. The minimum atomic E-state index is -1.81. The predicted octanol–water partition coefficient (Wildman–Crippen LogP) is 4.66. The number of ether oxygens (including phenoxy) is 1. The van der Waals surface area contributed by atoms with E-state index in [1.165, 1.54) is 11.1 Å². The molecule has 126 valence electrons. The van der Waals surface area contributed by atoms with Crippen LogP contribution >= 0.6 is 0 Å². The van der Waals surface area contributed by atoms with Crippen LogP contribution in [0.4, 0.5) is 0 Å². The first-order valence-electron chi connectivity index (χ1n) is 7.99. The van der Waals surface area contributed by atoms with Crippen LogP contribution in [0, 0.1) is 0 Å². The fourth-order valence-electron chi connectivity index (χ4n) is 2.22. The maximum absolute atomic E-state index is 10.8. The van der Waals surface area contributed by atoms with E-state index in [1.807, 2.05) is 6.07 Å². The van der Waals surface area contributed by atoms with E-state index in [0.717, 1.165) is 18.6 Å². The van der Waals surface area contributed by atoms with Gasteiger partial charge in [0.15, 0.2) is 11.1 Å². The highest BCUT2D eigenvalue weighted by Crippen LogP contribution is 2.38. The van der Waals surface area contributed by atoms with Gasteiger partial charge in [-0.2, -0.15) is 0 Å². The van der Waals surface area contributed by atoms with E-state index in [2.05, 4.69) is 53.7 Å². The molecule has 0 fully saturated rings. The summed E-state index contributed by atoms with van der Waals surface area (Å²) in [6, 6.07) is 6.38. The van der Waals surface area contributed by atoms with Crippen molar-refractivity contribution in [3.63, 3.8) is 0 Å². The normalized spacial score (nSPS) is 14.0. The molecule has 0 aliphatic rings. The molecule has 3 nitrogen and oxygen atoms in total. The molecule has 4 heteroatoms. The van der Waals surface area contributed by atoms with Crippen molar-refractivity contribution in [2.75, 3.05) is 12.4 Å². The Morgan fingerprint density at radius 1 is 1.09 bits per heavy atom. The molecule has 0 saturated heterocycles. The summed E-state index contributed by atoms with van der Waals surface area (Å²) in [5.74, 6) is 0.960. The van der Waals surface area contributed by atoms with E-state index >= 15 is 0 Å². The van der Waals surface area contributed by atoms with Crippen LogP contribution in [0.3, 0.4) is 0 Å². The van der Waals surface area contributed by atoms with Gasteiger partial charge in [0.05, 0.1) is 5.75 Å². The molecule has 1 N–H and O–H groups in total. The van der Waals surface area contributed by atoms with E-state index in [1.54, 1.807) is 0 Å². The first-order valence-corrected chi connectivity index (χ1v) is 9.27. The topological polar surface area (TPSA) is 46.5 Å². The molecule has 1 rings (SSSR count). The molecule has 0 bridgehead atoms. The molecule has 1 unspecified atom stereocenters. The maximum Gasteiger partial charge on any atom is 0.156 e. The zero-order valence-electron chi connectivity index (χ0n) is 14.7. The van der Waals surface area contributed by atoms with Crippen LogP contribution in [0.2, 0.25) is 0 Å². The van der Waals surface area contributed by atoms with Gasteiger partial charge in [-0.3, -0.25) is 0 Å². The Balaban J connectivity index is 3.19. The van der Waals surface area contributed by atoms with Crippen molar-refractivity contribution in [3.8, 4) is 5.75 Å². The largest absolute Gasteiger partial charge is 0.492 e.